The Morgan fingerprint density at radius 2 is 2.11 bits per heavy atom. The average Bonchev–Trinajstić information content (AvgIpc) is 2.86. The Balaban J connectivity index is 1.89. The maximum Gasteiger partial charge on any atom is 0.130 e. The van der Waals surface area contributed by atoms with Crippen molar-refractivity contribution in [1.29, 1.82) is 0 Å². The molecule has 0 saturated heterocycles. The van der Waals surface area contributed by atoms with E-state index < -0.39 is 6.10 Å². The lowest BCUT2D eigenvalue weighted by atomic mass is 10.1. The molecule has 0 fully saturated rings. The quantitative estimate of drug-likeness (QED) is 0.670. The van der Waals surface area contributed by atoms with Crippen LogP contribution in [0.5, 0.6) is 0 Å². The number of aromatic nitrogens is 2. The van der Waals surface area contributed by atoms with E-state index in [4.69, 9.17) is 0 Å². The van der Waals surface area contributed by atoms with Gasteiger partial charge in [-0.05, 0) is 48.2 Å². The number of hydrogen-bond acceptors (Lipinski definition) is 3. The molecule has 3 N–H and O–H groups in total. The minimum atomic E-state index is -0.491. The summed E-state index contributed by atoms with van der Waals surface area (Å²) in [4.78, 5) is 7.43. The Morgan fingerprint density at radius 1 is 1.21 bits per heavy atom. The number of aliphatic hydroxyl groups excluding tert-OH is 1. The molecule has 96 valence electrons. The monoisotopic (exact) mass is 253 g/mol. The van der Waals surface area contributed by atoms with Crippen LogP contribution in [-0.2, 0) is 0 Å². The molecule has 1 atom stereocenters. The van der Waals surface area contributed by atoms with Gasteiger partial charge in [-0.25, -0.2) is 4.98 Å². The summed E-state index contributed by atoms with van der Waals surface area (Å²) in [6.45, 7) is 1.74. The predicted molar refractivity (Wildman–Crippen MR) is 76.5 cm³/mol. The first-order valence-corrected chi connectivity index (χ1v) is 6.20. The minimum Gasteiger partial charge on any atom is -0.389 e. The van der Waals surface area contributed by atoms with Crippen molar-refractivity contribution in [2.75, 3.05) is 5.32 Å². The summed E-state index contributed by atoms with van der Waals surface area (Å²) in [6, 6.07) is 11.8. The van der Waals surface area contributed by atoms with Crippen LogP contribution >= 0.6 is 0 Å². The first-order chi connectivity index (χ1) is 9.22. The first kappa shape index (κ1) is 11.7. The number of rotatable bonds is 3. The van der Waals surface area contributed by atoms with Gasteiger partial charge in [0.15, 0.2) is 0 Å². The molecule has 2 heterocycles. The van der Waals surface area contributed by atoms with Crippen molar-refractivity contribution in [2.24, 2.45) is 0 Å². The molecular weight excluding hydrogens is 238 g/mol. The molecule has 2 aromatic heterocycles. The standard InChI is InChI=1S/C15H15N3O/c1-10(19)12-5-7-17-15(8-12)18-13-3-2-11-4-6-16-14(11)9-13/h2-10,16,19H,1H3,(H,17,18). The van der Waals surface area contributed by atoms with Crippen LogP contribution in [0, 0.1) is 0 Å². The molecule has 4 heteroatoms. The molecule has 19 heavy (non-hydrogen) atoms. The number of aromatic amines is 1. The number of nitrogens with zero attached hydrogens (tertiary/aromatic N) is 1. The number of hydrogen-bond donors (Lipinski definition) is 3. The molecule has 3 rings (SSSR count). The molecule has 0 radical (unpaired) electrons. The van der Waals surface area contributed by atoms with E-state index in [2.05, 4.69) is 15.3 Å². The number of anilines is 2. The topological polar surface area (TPSA) is 60.9 Å². The fraction of sp³-hybridized carbons (Fsp3) is 0.133. The van der Waals surface area contributed by atoms with E-state index in [1.54, 1.807) is 13.1 Å². The third kappa shape index (κ3) is 2.44. The zero-order chi connectivity index (χ0) is 13.2. The van der Waals surface area contributed by atoms with Gasteiger partial charge in [0.25, 0.3) is 0 Å². The molecule has 0 bridgehead atoms. The zero-order valence-electron chi connectivity index (χ0n) is 10.6. The number of H-pyrrole nitrogens is 1. The highest BCUT2D eigenvalue weighted by Gasteiger charge is 2.03. The predicted octanol–water partition coefficient (Wildman–Crippen LogP) is 3.36. The van der Waals surface area contributed by atoms with Crippen molar-refractivity contribution in [3.63, 3.8) is 0 Å². The number of aliphatic hydroxyl groups is 1. The van der Waals surface area contributed by atoms with Crippen molar-refractivity contribution in [3.8, 4) is 0 Å². The number of nitrogens with one attached hydrogen (secondary N) is 2. The lowest BCUT2D eigenvalue weighted by Gasteiger charge is -2.09. The third-order valence-corrected chi connectivity index (χ3v) is 3.09. The van der Waals surface area contributed by atoms with Crippen LogP contribution in [0.25, 0.3) is 10.9 Å². The van der Waals surface area contributed by atoms with Gasteiger partial charge in [-0.1, -0.05) is 6.07 Å². The van der Waals surface area contributed by atoms with Crippen molar-refractivity contribution >= 4 is 22.4 Å². The first-order valence-electron chi connectivity index (χ1n) is 6.20. The van der Waals surface area contributed by atoms with E-state index in [-0.39, 0.29) is 0 Å². The van der Waals surface area contributed by atoms with Crippen LogP contribution in [0.2, 0.25) is 0 Å². The molecule has 4 nitrogen and oxygen atoms in total. The zero-order valence-corrected chi connectivity index (χ0v) is 10.6. The third-order valence-electron chi connectivity index (χ3n) is 3.09. The summed E-state index contributed by atoms with van der Waals surface area (Å²) in [5.41, 5.74) is 2.89. The van der Waals surface area contributed by atoms with Crippen LogP contribution in [-0.4, -0.2) is 15.1 Å². The maximum atomic E-state index is 9.57. The van der Waals surface area contributed by atoms with Gasteiger partial charge in [-0.15, -0.1) is 0 Å². The number of pyridine rings is 1. The molecule has 0 aliphatic heterocycles. The van der Waals surface area contributed by atoms with E-state index in [0.717, 1.165) is 22.6 Å². The second-order valence-electron chi connectivity index (χ2n) is 4.56. The maximum absolute atomic E-state index is 9.57. The fourth-order valence-corrected chi connectivity index (χ4v) is 2.05. The Morgan fingerprint density at radius 3 is 2.95 bits per heavy atom. The number of fused-ring (bicyclic) bond motifs is 1. The molecular formula is C15H15N3O. The summed E-state index contributed by atoms with van der Waals surface area (Å²) in [5, 5.41) is 14.0. The highest BCUT2D eigenvalue weighted by Crippen LogP contribution is 2.22. The van der Waals surface area contributed by atoms with E-state index >= 15 is 0 Å². The second kappa shape index (κ2) is 4.74. The van der Waals surface area contributed by atoms with Gasteiger partial charge in [-0.2, -0.15) is 0 Å². The largest absolute Gasteiger partial charge is 0.389 e. The summed E-state index contributed by atoms with van der Waals surface area (Å²) in [6.07, 6.45) is 3.12. The highest BCUT2D eigenvalue weighted by atomic mass is 16.3. The van der Waals surface area contributed by atoms with Crippen LogP contribution in [0.3, 0.4) is 0 Å². The Hall–Kier alpha value is -2.33. The Bertz CT molecular complexity index is 703. The van der Waals surface area contributed by atoms with Gasteiger partial charge in [-0.3, -0.25) is 0 Å². The number of benzene rings is 1. The summed E-state index contributed by atoms with van der Waals surface area (Å²) >= 11 is 0. The summed E-state index contributed by atoms with van der Waals surface area (Å²) in [5.74, 6) is 0.726. The Kier molecular flexibility index (Phi) is 2.93. The summed E-state index contributed by atoms with van der Waals surface area (Å²) < 4.78 is 0. The normalized spacial score (nSPS) is 12.5. The highest BCUT2D eigenvalue weighted by molar-refractivity contribution is 5.83. The van der Waals surface area contributed by atoms with Crippen molar-refractivity contribution < 1.29 is 5.11 Å². The van der Waals surface area contributed by atoms with E-state index in [1.807, 2.05) is 42.6 Å². The van der Waals surface area contributed by atoms with E-state index in [9.17, 15) is 5.11 Å². The van der Waals surface area contributed by atoms with Crippen molar-refractivity contribution in [3.05, 3.63) is 54.4 Å². The van der Waals surface area contributed by atoms with Crippen molar-refractivity contribution in [1.82, 2.24) is 9.97 Å². The SMILES string of the molecule is CC(O)c1ccnc(Nc2ccc3cc[nH]c3c2)c1. The fourth-order valence-electron chi connectivity index (χ4n) is 2.05. The summed E-state index contributed by atoms with van der Waals surface area (Å²) in [7, 11) is 0. The second-order valence-corrected chi connectivity index (χ2v) is 4.56. The van der Waals surface area contributed by atoms with E-state index in [0.29, 0.717) is 0 Å². The molecule has 0 amide bonds. The lowest BCUT2D eigenvalue weighted by molar-refractivity contribution is 0.199. The Labute approximate surface area is 111 Å². The molecule has 0 spiro atoms. The molecule has 0 aliphatic carbocycles. The average molecular weight is 253 g/mol. The van der Waals surface area contributed by atoms with Gasteiger partial charge < -0.3 is 15.4 Å². The lowest BCUT2D eigenvalue weighted by Crippen LogP contribution is -1.97. The van der Waals surface area contributed by atoms with Crippen molar-refractivity contribution in [2.45, 2.75) is 13.0 Å². The van der Waals surface area contributed by atoms with Gasteiger partial charge in [0, 0.05) is 23.6 Å². The van der Waals surface area contributed by atoms with Gasteiger partial charge in [0.2, 0.25) is 0 Å². The van der Waals surface area contributed by atoms with Crippen LogP contribution in [0.1, 0.15) is 18.6 Å². The minimum absolute atomic E-state index is 0.491. The molecule has 0 aliphatic rings. The van der Waals surface area contributed by atoms with Gasteiger partial charge in [0.1, 0.15) is 5.82 Å². The van der Waals surface area contributed by atoms with E-state index in [1.165, 1.54) is 5.39 Å². The smallest absolute Gasteiger partial charge is 0.130 e. The molecule has 1 aromatic carbocycles. The molecule has 0 saturated carbocycles. The molecule has 3 aromatic rings. The molecule has 1 unspecified atom stereocenters. The van der Waals surface area contributed by atoms with Crippen LogP contribution in [0.4, 0.5) is 11.5 Å². The van der Waals surface area contributed by atoms with Crippen LogP contribution in [0.15, 0.2) is 48.8 Å². The van der Waals surface area contributed by atoms with Crippen LogP contribution < -0.4 is 5.32 Å². The van der Waals surface area contributed by atoms with Gasteiger partial charge >= 0.3 is 0 Å². The van der Waals surface area contributed by atoms with Gasteiger partial charge in [0.05, 0.1) is 6.10 Å².